The summed E-state index contributed by atoms with van der Waals surface area (Å²) in [7, 11) is 1.56. The number of hydrogen-bond acceptors (Lipinski definition) is 5. The molecule has 6 nitrogen and oxygen atoms in total. The van der Waals surface area contributed by atoms with E-state index >= 15 is 0 Å². The van der Waals surface area contributed by atoms with Gasteiger partial charge in [-0.1, -0.05) is 18.2 Å². The van der Waals surface area contributed by atoms with Crippen molar-refractivity contribution in [3.63, 3.8) is 0 Å². The molecule has 2 N–H and O–H groups in total. The van der Waals surface area contributed by atoms with E-state index in [0.29, 0.717) is 29.6 Å². The fourth-order valence-electron chi connectivity index (χ4n) is 2.26. The number of ether oxygens (including phenoxy) is 2. The fraction of sp³-hybridized carbons (Fsp3) is 0.176. The van der Waals surface area contributed by atoms with E-state index in [-0.39, 0.29) is 12.4 Å². The number of aromatic nitrogens is 3. The van der Waals surface area contributed by atoms with Gasteiger partial charge in [0.1, 0.15) is 18.8 Å². The van der Waals surface area contributed by atoms with Crippen LogP contribution in [0.2, 0.25) is 0 Å². The highest BCUT2D eigenvalue weighted by molar-refractivity contribution is 9.10. The first kappa shape index (κ1) is 17.2. The maximum atomic E-state index is 13.7. The van der Waals surface area contributed by atoms with Crippen molar-refractivity contribution < 1.29 is 13.9 Å². The van der Waals surface area contributed by atoms with Crippen molar-refractivity contribution in [1.29, 1.82) is 0 Å². The van der Waals surface area contributed by atoms with Crippen LogP contribution < -0.4 is 14.8 Å². The highest BCUT2D eigenvalue weighted by Crippen LogP contribution is 2.37. The Morgan fingerprint density at radius 2 is 2.12 bits per heavy atom. The molecule has 2 aromatic carbocycles. The average Bonchev–Trinajstić information content (AvgIpc) is 3.13. The van der Waals surface area contributed by atoms with Crippen LogP contribution in [0.3, 0.4) is 0 Å². The number of anilines is 1. The summed E-state index contributed by atoms with van der Waals surface area (Å²) in [6, 6.07) is 10.3. The van der Waals surface area contributed by atoms with Gasteiger partial charge in [0.05, 0.1) is 11.6 Å². The van der Waals surface area contributed by atoms with Crippen molar-refractivity contribution in [3.05, 3.63) is 64.1 Å². The maximum absolute atomic E-state index is 13.7. The third kappa shape index (κ3) is 4.27. The molecular formula is C17H16BrFN4O2. The number of nitrogens with one attached hydrogen (secondary N) is 2. The second-order valence-electron chi connectivity index (χ2n) is 5.18. The highest BCUT2D eigenvalue weighted by Gasteiger charge is 2.13. The standard InChI is InChI=1S/C17H16BrFN4O2/c1-24-15-7-11(8-20-17-21-10-22-23-17)6-13(18)16(15)25-9-12-4-2-3-5-14(12)19/h2-7,10H,8-9H2,1H3,(H2,20,21,22,23). The lowest BCUT2D eigenvalue weighted by Crippen LogP contribution is -2.04. The van der Waals surface area contributed by atoms with Crippen molar-refractivity contribution in [2.45, 2.75) is 13.2 Å². The minimum absolute atomic E-state index is 0.108. The summed E-state index contributed by atoms with van der Waals surface area (Å²) < 4.78 is 25.6. The lowest BCUT2D eigenvalue weighted by atomic mass is 10.2. The lowest BCUT2D eigenvalue weighted by molar-refractivity contribution is 0.277. The number of nitrogens with zero attached hydrogens (tertiary/aromatic N) is 2. The van der Waals surface area contributed by atoms with Crippen molar-refractivity contribution in [1.82, 2.24) is 15.2 Å². The molecule has 0 aliphatic rings. The zero-order valence-electron chi connectivity index (χ0n) is 13.4. The van der Waals surface area contributed by atoms with Crippen molar-refractivity contribution >= 4 is 21.9 Å². The van der Waals surface area contributed by atoms with E-state index in [4.69, 9.17) is 9.47 Å². The van der Waals surface area contributed by atoms with E-state index in [2.05, 4.69) is 36.4 Å². The molecule has 0 fully saturated rings. The Labute approximate surface area is 152 Å². The molecule has 0 spiro atoms. The number of benzene rings is 2. The Bertz CT molecular complexity index is 843. The van der Waals surface area contributed by atoms with E-state index in [1.54, 1.807) is 25.3 Å². The van der Waals surface area contributed by atoms with Crippen molar-refractivity contribution in [2.24, 2.45) is 0 Å². The van der Waals surface area contributed by atoms with E-state index in [0.717, 1.165) is 10.0 Å². The fourth-order valence-corrected chi connectivity index (χ4v) is 2.86. The molecule has 0 bridgehead atoms. The van der Waals surface area contributed by atoms with Gasteiger partial charge >= 0.3 is 0 Å². The van der Waals surface area contributed by atoms with Gasteiger partial charge < -0.3 is 14.8 Å². The molecule has 0 aliphatic heterocycles. The summed E-state index contributed by atoms with van der Waals surface area (Å²) in [6.07, 6.45) is 1.43. The molecule has 130 valence electrons. The Kier molecular flexibility index (Phi) is 5.49. The quantitative estimate of drug-likeness (QED) is 0.622. The van der Waals surface area contributed by atoms with E-state index in [1.807, 2.05) is 12.1 Å². The van der Waals surface area contributed by atoms with Gasteiger partial charge in [0, 0.05) is 12.1 Å². The third-order valence-corrected chi connectivity index (χ3v) is 4.08. The van der Waals surface area contributed by atoms with Crippen LogP contribution >= 0.6 is 15.9 Å². The normalized spacial score (nSPS) is 10.5. The summed E-state index contributed by atoms with van der Waals surface area (Å²) in [6.45, 7) is 0.634. The Hall–Kier alpha value is -2.61. The molecule has 8 heteroatoms. The number of aromatic amines is 1. The van der Waals surface area contributed by atoms with Crippen LogP contribution in [-0.2, 0) is 13.2 Å². The minimum Gasteiger partial charge on any atom is -0.493 e. The number of halogens is 2. The number of rotatable bonds is 7. The Morgan fingerprint density at radius 3 is 2.84 bits per heavy atom. The predicted molar refractivity (Wildman–Crippen MR) is 95.1 cm³/mol. The van der Waals surface area contributed by atoms with Crippen LogP contribution in [0.4, 0.5) is 10.3 Å². The molecule has 0 atom stereocenters. The number of H-pyrrole nitrogens is 1. The van der Waals surface area contributed by atoms with Gasteiger partial charge in [-0.2, -0.15) is 5.10 Å². The molecule has 1 aromatic heterocycles. The SMILES string of the molecule is COc1cc(CNc2ncn[nH]2)cc(Br)c1OCc1ccccc1F. The van der Waals surface area contributed by atoms with Gasteiger partial charge in [-0.05, 0) is 39.7 Å². The zero-order chi connectivity index (χ0) is 17.6. The van der Waals surface area contributed by atoms with Gasteiger partial charge in [0.25, 0.3) is 0 Å². The summed E-state index contributed by atoms with van der Waals surface area (Å²) in [5.74, 6) is 1.36. The topological polar surface area (TPSA) is 72.1 Å². The van der Waals surface area contributed by atoms with E-state index < -0.39 is 0 Å². The van der Waals surface area contributed by atoms with Crippen LogP contribution in [0, 0.1) is 5.82 Å². The van der Waals surface area contributed by atoms with Gasteiger partial charge in [0.2, 0.25) is 5.95 Å². The van der Waals surface area contributed by atoms with Crippen LogP contribution in [0.15, 0.2) is 47.2 Å². The molecule has 25 heavy (non-hydrogen) atoms. The molecule has 3 aromatic rings. The number of methoxy groups -OCH3 is 1. The maximum Gasteiger partial charge on any atom is 0.218 e. The first-order chi connectivity index (χ1) is 12.2. The third-order valence-electron chi connectivity index (χ3n) is 3.49. The zero-order valence-corrected chi connectivity index (χ0v) is 15.0. The molecular weight excluding hydrogens is 391 g/mol. The summed E-state index contributed by atoms with van der Waals surface area (Å²) in [5, 5.41) is 9.62. The molecule has 0 aliphatic carbocycles. The lowest BCUT2D eigenvalue weighted by Gasteiger charge is -2.15. The Balaban J connectivity index is 1.74. The summed E-state index contributed by atoms with van der Waals surface area (Å²) in [5.41, 5.74) is 1.44. The van der Waals surface area contributed by atoms with Crippen molar-refractivity contribution in [3.8, 4) is 11.5 Å². The first-order valence-corrected chi connectivity index (χ1v) is 8.28. The molecule has 3 rings (SSSR count). The minimum atomic E-state index is -0.300. The second kappa shape index (κ2) is 7.98. The average molecular weight is 407 g/mol. The summed E-state index contributed by atoms with van der Waals surface area (Å²) in [4.78, 5) is 4.00. The van der Waals surface area contributed by atoms with Crippen LogP contribution in [0.25, 0.3) is 0 Å². The predicted octanol–water partition coefficient (Wildman–Crippen LogP) is 3.91. The van der Waals surface area contributed by atoms with E-state index in [1.165, 1.54) is 12.4 Å². The smallest absolute Gasteiger partial charge is 0.218 e. The van der Waals surface area contributed by atoms with Crippen LogP contribution in [-0.4, -0.2) is 22.3 Å². The van der Waals surface area contributed by atoms with Gasteiger partial charge in [0.15, 0.2) is 11.5 Å². The Morgan fingerprint density at radius 1 is 1.28 bits per heavy atom. The van der Waals surface area contributed by atoms with Crippen LogP contribution in [0.1, 0.15) is 11.1 Å². The molecule has 0 unspecified atom stereocenters. The monoisotopic (exact) mass is 406 g/mol. The van der Waals surface area contributed by atoms with Gasteiger partial charge in [-0.15, -0.1) is 0 Å². The first-order valence-electron chi connectivity index (χ1n) is 7.49. The molecule has 0 saturated carbocycles. The van der Waals surface area contributed by atoms with E-state index in [9.17, 15) is 4.39 Å². The molecule has 1 heterocycles. The molecule has 0 radical (unpaired) electrons. The second-order valence-corrected chi connectivity index (χ2v) is 6.03. The van der Waals surface area contributed by atoms with Gasteiger partial charge in [-0.25, -0.2) is 14.5 Å². The molecule has 0 amide bonds. The van der Waals surface area contributed by atoms with Crippen LogP contribution in [0.5, 0.6) is 11.5 Å². The van der Waals surface area contributed by atoms with Gasteiger partial charge in [-0.3, -0.25) is 0 Å². The van der Waals surface area contributed by atoms with Crippen molar-refractivity contribution in [2.75, 3.05) is 12.4 Å². The summed E-state index contributed by atoms with van der Waals surface area (Å²) >= 11 is 3.49. The number of hydrogen-bond donors (Lipinski definition) is 2. The largest absolute Gasteiger partial charge is 0.493 e. The highest BCUT2D eigenvalue weighted by atomic mass is 79.9. The molecule has 0 saturated heterocycles.